The van der Waals surface area contributed by atoms with E-state index in [2.05, 4.69) is 86.4 Å². The van der Waals surface area contributed by atoms with E-state index in [1.165, 1.54) is 18.9 Å². The van der Waals surface area contributed by atoms with E-state index in [9.17, 15) is 4.79 Å². The summed E-state index contributed by atoms with van der Waals surface area (Å²) in [4.78, 5) is 24.6. The number of hydroxylamine groups is 2. The van der Waals surface area contributed by atoms with Crippen molar-refractivity contribution in [3.05, 3.63) is 38.3 Å². The van der Waals surface area contributed by atoms with Crippen LogP contribution >= 0.6 is 12.4 Å². The Labute approximate surface area is 179 Å². The number of hydrogen-bond acceptors (Lipinski definition) is 9. The summed E-state index contributed by atoms with van der Waals surface area (Å²) in [6.45, 7) is 14.2. The molecule has 1 aliphatic rings. The minimum Gasteiger partial charge on any atom is -0.478 e. The van der Waals surface area contributed by atoms with Gasteiger partial charge in [-0.25, -0.2) is 9.37 Å². The summed E-state index contributed by atoms with van der Waals surface area (Å²) in [5.41, 5.74) is 14.2. The molecule has 1 atom stereocenters. The molecule has 0 aromatic heterocycles. The van der Waals surface area contributed by atoms with Crippen molar-refractivity contribution in [2.45, 2.75) is 19.5 Å². The molecule has 1 saturated heterocycles. The first-order valence-corrected chi connectivity index (χ1v) is 8.45. The second-order valence-electron chi connectivity index (χ2n) is 4.81. The maximum Gasteiger partial charge on any atom is 0.327 e. The maximum absolute atomic E-state index is 9.25. The molecule has 1 unspecified atom stereocenters. The highest BCUT2D eigenvalue weighted by molar-refractivity contribution is 5.85. The molecule has 0 radical (unpaired) electrons. The summed E-state index contributed by atoms with van der Waals surface area (Å²) in [7, 11) is 4.18. The van der Waals surface area contributed by atoms with Gasteiger partial charge in [-0.2, -0.15) is 0 Å². The number of hydrogen-bond donors (Lipinski definition) is 5. The van der Waals surface area contributed by atoms with E-state index in [1.54, 1.807) is 0 Å². The lowest BCUT2D eigenvalue weighted by atomic mass is 10.2. The number of carbonyl (C=O) groups is 1. The monoisotopic (exact) mass is 438 g/mol. The Morgan fingerprint density at radius 1 is 1.31 bits per heavy atom. The van der Waals surface area contributed by atoms with Gasteiger partial charge in [0.05, 0.1) is 0 Å². The summed E-state index contributed by atoms with van der Waals surface area (Å²) in [5, 5.41) is 7.60. The number of aliphatic carboxylic acids is 1. The van der Waals surface area contributed by atoms with E-state index in [-0.39, 0.29) is 19.1 Å². The summed E-state index contributed by atoms with van der Waals surface area (Å²) in [5.74, 6) is -0.981. The lowest BCUT2D eigenvalue weighted by molar-refractivity contribution is -0.643. The van der Waals surface area contributed by atoms with E-state index in [0.717, 1.165) is 19.2 Å². The van der Waals surface area contributed by atoms with Gasteiger partial charge in [-0.1, -0.05) is 19.7 Å². The van der Waals surface area contributed by atoms with Crippen LogP contribution in [0.4, 0.5) is 0 Å². The molecule has 1 aliphatic heterocycles. The third-order valence-electron chi connectivity index (χ3n) is 2.59. The van der Waals surface area contributed by atoms with Gasteiger partial charge in [-0.05, 0) is 26.0 Å². The first kappa shape index (κ1) is 34.3. The number of carboxylic acid groups (broad SMARTS) is 1. The first-order chi connectivity index (χ1) is 13.4. The molecule has 0 bridgehead atoms. The molecule has 0 aliphatic carbocycles. The van der Waals surface area contributed by atoms with Crippen LogP contribution in [0.3, 0.4) is 0 Å². The van der Waals surface area contributed by atoms with Gasteiger partial charge in [0.15, 0.2) is 6.17 Å². The fourth-order valence-corrected chi connectivity index (χ4v) is 1.42. The Bertz CT molecular complexity index is 474. The predicted molar refractivity (Wildman–Crippen MR) is 117 cm³/mol. The summed E-state index contributed by atoms with van der Waals surface area (Å²) < 4.78 is 2.14. The molecule has 12 heteroatoms. The lowest BCUT2D eigenvalue weighted by Crippen LogP contribution is -2.49. The smallest absolute Gasteiger partial charge is 0.327 e. The van der Waals surface area contributed by atoms with Crippen LogP contribution in [0.1, 0.15) is 13.3 Å². The van der Waals surface area contributed by atoms with Gasteiger partial charge in [-0.3, -0.25) is 4.90 Å². The van der Waals surface area contributed by atoms with Crippen LogP contribution in [0.15, 0.2) is 43.3 Å². The normalized spacial score (nSPS) is 12.9. The molecule has 11 nitrogen and oxygen atoms in total. The number of nitrogens with zero attached hydrogens (tertiary/aromatic N) is 3. The van der Waals surface area contributed by atoms with Crippen molar-refractivity contribution < 1.29 is 24.2 Å². The van der Waals surface area contributed by atoms with Crippen molar-refractivity contribution in [1.82, 2.24) is 15.9 Å². The highest BCUT2D eigenvalue weighted by atomic mass is 35.5. The van der Waals surface area contributed by atoms with Crippen molar-refractivity contribution >= 4 is 24.4 Å². The first-order valence-electron chi connectivity index (χ1n) is 8.45. The zero-order valence-electron chi connectivity index (χ0n) is 17.5. The maximum atomic E-state index is 9.25. The summed E-state index contributed by atoms with van der Waals surface area (Å²) in [6, 6.07) is 3.02. The van der Waals surface area contributed by atoms with Gasteiger partial charge in [0.2, 0.25) is 0 Å². The molecule has 1 fully saturated rings. The van der Waals surface area contributed by atoms with Crippen molar-refractivity contribution in [3.8, 4) is 0 Å². The molecule has 0 spiro atoms. The third-order valence-corrected chi connectivity index (χ3v) is 2.59. The van der Waals surface area contributed by atoms with E-state index in [0.29, 0.717) is 12.8 Å². The Morgan fingerprint density at radius 2 is 1.76 bits per heavy atom. The van der Waals surface area contributed by atoms with E-state index >= 15 is 0 Å². The average molecular weight is 439 g/mol. The Hall–Kier alpha value is -2.24. The lowest BCUT2D eigenvalue weighted by Gasteiger charge is -2.30. The highest BCUT2D eigenvalue weighted by Gasteiger charge is 2.29. The molecule has 0 saturated carbocycles. The summed E-state index contributed by atoms with van der Waals surface area (Å²) >= 11 is 0. The molecule has 0 aromatic carbocycles. The van der Waals surface area contributed by atoms with Crippen LogP contribution in [0.5, 0.6) is 0 Å². The zero-order chi connectivity index (χ0) is 22.2. The minimum absolute atomic E-state index is 0. The van der Waals surface area contributed by atoms with Crippen LogP contribution in [-0.4, -0.2) is 73.2 Å². The highest BCUT2D eigenvalue weighted by Crippen LogP contribution is 2.11. The van der Waals surface area contributed by atoms with E-state index < -0.39 is 5.97 Å². The molecule has 7 N–H and O–H groups in total. The van der Waals surface area contributed by atoms with E-state index in [4.69, 9.17) is 5.11 Å². The number of carboxylic acids is 1. The third kappa shape index (κ3) is 28.1. The Balaban J connectivity index is -0.000000157. The van der Waals surface area contributed by atoms with Crippen LogP contribution < -0.4 is 22.4 Å². The molecular weight excluding hydrogens is 402 g/mol. The quantitative estimate of drug-likeness (QED) is 0.0650. The van der Waals surface area contributed by atoms with Gasteiger partial charge in [0, 0.05) is 19.2 Å². The standard InChI is InChI=1S/C8H16N3.C5H10N2O2.C3H4O2.CH6N2.ClH/c1-4-9-7-11-6-5-8(11)10(2)3;1-3-8-6-5-7-9-4-2;1-2-3(4)5;2-1-3;/h8H,4-6H2,1-3H3;3-4,6-7H,1-2,5H2;2H,1H2,(H,4,5);1-3H2;1H/q+1;;;;. The SMILES string of the molecule is C=CC(=O)O.C=CONCNOC=C.CCN=C=[N+]1CCC1N(C)C.Cl.NCN. The fraction of sp³-hybridized carbons (Fsp3) is 0.529. The fourth-order valence-electron chi connectivity index (χ4n) is 1.42. The molecule has 0 amide bonds. The predicted octanol–water partition coefficient (Wildman–Crippen LogP) is 0.298. The van der Waals surface area contributed by atoms with Crippen molar-refractivity contribution in [2.24, 2.45) is 16.5 Å². The van der Waals surface area contributed by atoms with Gasteiger partial charge in [0.25, 0.3) is 0 Å². The topological polar surface area (TPSA) is 150 Å². The van der Waals surface area contributed by atoms with Crippen LogP contribution in [0.2, 0.25) is 0 Å². The summed E-state index contributed by atoms with van der Waals surface area (Å²) in [6.07, 6.45) is 5.15. The van der Waals surface area contributed by atoms with Crippen LogP contribution in [0.25, 0.3) is 0 Å². The number of nitrogens with two attached hydrogens (primary N) is 2. The van der Waals surface area contributed by atoms with Gasteiger partial charge >= 0.3 is 12.0 Å². The van der Waals surface area contributed by atoms with Crippen molar-refractivity contribution in [3.63, 3.8) is 0 Å². The number of nitrogens with one attached hydrogen (secondary N) is 2. The number of rotatable bonds is 9. The molecule has 170 valence electrons. The molecule has 29 heavy (non-hydrogen) atoms. The molecule has 1 rings (SSSR count). The van der Waals surface area contributed by atoms with Crippen LogP contribution in [-0.2, 0) is 14.5 Å². The molecule has 1 heterocycles. The van der Waals surface area contributed by atoms with Crippen molar-refractivity contribution in [2.75, 3.05) is 40.5 Å². The largest absolute Gasteiger partial charge is 0.478 e. The molecule has 0 aromatic rings. The van der Waals surface area contributed by atoms with E-state index in [1.807, 2.05) is 6.92 Å². The number of aliphatic imine (C=N–C) groups is 1. The van der Waals surface area contributed by atoms with Gasteiger partial charge in [0.1, 0.15) is 32.3 Å². The van der Waals surface area contributed by atoms with Gasteiger partial charge < -0.3 is 26.2 Å². The minimum atomic E-state index is -0.981. The average Bonchev–Trinajstić information content (AvgIpc) is 2.62. The second kappa shape index (κ2) is 28.0. The second-order valence-corrected chi connectivity index (χ2v) is 4.81. The number of halogens is 1. The van der Waals surface area contributed by atoms with Gasteiger partial charge in [-0.15, -0.1) is 23.4 Å². The zero-order valence-corrected chi connectivity index (χ0v) is 18.4. The van der Waals surface area contributed by atoms with Crippen molar-refractivity contribution in [1.29, 1.82) is 0 Å². The molecular formula is C17H37ClN7O4+. The Kier molecular flexibility index (Phi) is 33.1. The Morgan fingerprint density at radius 3 is 2.00 bits per heavy atom. The van der Waals surface area contributed by atoms with Crippen LogP contribution in [0, 0.1) is 0 Å².